The van der Waals surface area contributed by atoms with Gasteiger partial charge in [0, 0.05) is 24.4 Å². The Hall–Kier alpha value is -2.61. The van der Waals surface area contributed by atoms with Gasteiger partial charge in [-0.3, -0.25) is 4.79 Å². The van der Waals surface area contributed by atoms with Crippen LogP contribution in [0, 0.1) is 11.6 Å². The van der Waals surface area contributed by atoms with Crippen LogP contribution in [0.25, 0.3) is 11.1 Å². The number of hydrogen-bond acceptors (Lipinski definition) is 7. The minimum absolute atomic E-state index is 0.154. The lowest BCUT2D eigenvalue weighted by molar-refractivity contribution is 0.426. The number of sulfone groups is 1. The van der Waals surface area contributed by atoms with Crippen LogP contribution in [-0.4, -0.2) is 55.7 Å². The van der Waals surface area contributed by atoms with Crippen molar-refractivity contribution in [3.8, 4) is 11.1 Å². The highest BCUT2D eigenvalue weighted by atomic mass is 32.2. The molecule has 1 aliphatic heterocycles. The largest absolute Gasteiger partial charge is 0.301 e. The molecular weight excluding hydrogens is 544 g/mol. The van der Waals surface area contributed by atoms with Crippen molar-refractivity contribution in [2.45, 2.75) is 35.1 Å². The molecule has 0 radical (unpaired) electrons. The Morgan fingerprint density at radius 2 is 1.68 bits per heavy atom. The van der Waals surface area contributed by atoms with Crippen LogP contribution in [0.4, 0.5) is 8.78 Å². The highest BCUT2D eigenvalue weighted by Gasteiger charge is 2.33. The maximum Gasteiger partial charge on any atom is 0.254 e. The minimum Gasteiger partial charge on any atom is -0.301 e. The van der Waals surface area contributed by atoms with Crippen LogP contribution in [0.5, 0.6) is 0 Å². The number of halogens is 2. The highest BCUT2D eigenvalue weighted by Crippen LogP contribution is 2.30. The summed E-state index contributed by atoms with van der Waals surface area (Å²) in [5.74, 6) is -1.92. The number of nitrogens with one attached hydrogen (secondary N) is 1. The first-order valence-electron chi connectivity index (χ1n) is 11.6. The van der Waals surface area contributed by atoms with Gasteiger partial charge in [0.15, 0.2) is 15.0 Å². The standard InChI is InChI=1S/C24H23F2N3O5S3/c25-19-12-15(4-5-17(19)14-35-24-27-21-3-1-2-18(21)23(30)28-24)16-6-7-22(20(26)13-16)37(33,34)29-8-10-36(31,32)11-9-29/h4-7,12-13H,1-3,8-11,14H2,(H,27,28,30). The van der Waals surface area contributed by atoms with Gasteiger partial charge in [-0.1, -0.05) is 30.0 Å². The predicted octanol–water partition coefficient (Wildman–Crippen LogP) is 2.92. The molecule has 13 heteroatoms. The number of aromatic nitrogens is 2. The number of thioether (sulfide) groups is 1. The minimum atomic E-state index is -4.21. The molecule has 1 saturated heterocycles. The number of rotatable bonds is 6. The molecule has 1 aliphatic carbocycles. The van der Waals surface area contributed by atoms with Crippen molar-refractivity contribution in [2.75, 3.05) is 24.6 Å². The van der Waals surface area contributed by atoms with Gasteiger partial charge in [0.05, 0.1) is 17.2 Å². The van der Waals surface area contributed by atoms with Crippen molar-refractivity contribution in [3.63, 3.8) is 0 Å². The number of benzene rings is 2. The van der Waals surface area contributed by atoms with Crippen LogP contribution in [0.15, 0.2) is 51.2 Å². The Morgan fingerprint density at radius 3 is 2.35 bits per heavy atom. The van der Waals surface area contributed by atoms with Gasteiger partial charge in [-0.15, -0.1) is 0 Å². The Morgan fingerprint density at radius 1 is 1.00 bits per heavy atom. The zero-order chi connectivity index (χ0) is 26.4. The number of aryl methyl sites for hydroxylation is 1. The summed E-state index contributed by atoms with van der Waals surface area (Å²) in [5, 5.41) is 0.430. The number of H-pyrrole nitrogens is 1. The quantitative estimate of drug-likeness (QED) is 0.360. The first kappa shape index (κ1) is 26.0. The monoisotopic (exact) mass is 567 g/mol. The molecular formula is C24H23F2N3O5S3. The lowest BCUT2D eigenvalue weighted by Crippen LogP contribution is -2.43. The SMILES string of the molecule is O=c1[nH]c(SCc2ccc(-c3ccc(S(=O)(=O)N4CCS(=O)(=O)CC4)c(F)c3)cc2F)nc2c1CCC2. The van der Waals surface area contributed by atoms with Crippen LogP contribution in [0.2, 0.25) is 0 Å². The van der Waals surface area contributed by atoms with Crippen LogP contribution < -0.4 is 5.56 Å². The highest BCUT2D eigenvalue weighted by molar-refractivity contribution is 7.98. The van der Waals surface area contributed by atoms with Crippen molar-refractivity contribution in [1.29, 1.82) is 0 Å². The number of aromatic amines is 1. The molecule has 1 N–H and O–H groups in total. The Balaban J connectivity index is 1.31. The van der Waals surface area contributed by atoms with E-state index in [1.165, 1.54) is 23.9 Å². The van der Waals surface area contributed by atoms with Crippen molar-refractivity contribution in [2.24, 2.45) is 0 Å². The number of hydrogen-bond donors (Lipinski definition) is 1. The van der Waals surface area contributed by atoms with E-state index in [0.717, 1.165) is 47.0 Å². The van der Waals surface area contributed by atoms with Gasteiger partial charge in [0.25, 0.3) is 5.56 Å². The zero-order valence-electron chi connectivity index (χ0n) is 19.5. The number of sulfonamides is 1. The van der Waals surface area contributed by atoms with E-state index in [1.807, 2.05) is 0 Å². The van der Waals surface area contributed by atoms with Gasteiger partial charge < -0.3 is 4.98 Å². The first-order valence-corrected chi connectivity index (χ1v) is 15.8. The van der Waals surface area contributed by atoms with Crippen molar-refractivity contribution in [1.82, 2.24) is 14.3 Å². The lowest BCUT2D eigenvalue weighted by atomic mass is 10.0. The summed E-state index contributed by atoms with van der Waals surface area (Å²) < 4.78 is 79.6. The molecule has 0 saturated carbocycles. The first-order chi connectivity index (χ1) is 17.5. The van der Waals surface area contributed by atoms with Gasteiger partial charge in [-0.05, 0) is 54.2 Å². The molecule has 196 valence electrons. The average molecular weight is 568 g/mol. The lowest BCUT2D eigenvalue weighted by Gasteiger charge is -2.26. The summed E-state index contributed by atoms with van der Waals surface area (Å²) >= 11 is 1.21. The molecule has 2 aromatic carbocycles. The van der Waals surface area contributed by atoms with E-state index in [4.69, 9.17) is 0 Å². The van der Waals surface area contributed by atoms with Crippen molar-refractivity contribution < 1.29 is 25.6 Å². The molecule has 0 amide bonds. The van der Waals surface area contributed by atoms with Crippen LogP contribution in [-0.2, 0) is 38.5 Å². The second kappa shape index (κ2) is 9.93. The average Bonchev–Trinajstić information content (AvgIpc) is 3.32. The van der Waals surface area contributed by atoms with Crippen molar-refractivity contribution >= 4 is 31.6 Å². The normalized spacial score (nSPS) is 17.6. The van der Waals surface area contributed by atoms with E-state index >= 15 is 0 Å². The summed E-state index contributed by atoms with van der Waals surface area (Å²) in [6.07, 6.45) is 2.37. The Kier molecular flexibility index (Phi) is 6.98. The molecule has 5 rings (SSSR count). The van der Waals surface area contributed by atoms with E-state index in [0.29, 0.717) is 21.8 Å². The van der Waals surface area contributed by atoms with Gasteiger partial charge in [-0.25, -0.2) is 30.6 Å². The summed E-state index contributed by atoms with van der Waals surface area (Å²) in [6.45, 7) is -0.461. The number of fused-ring (bicyclic) bond motifs is 1. The van der Waals surface area contributed by atoms with Gasteiger partial charge in [-0.2, -0.15) is 4.31 Å². The van der Waals surface area contributed by atoms with E-state index in [1.54, 1.807) is 12.1 Å². The fraction of sp³-hybridized carbons (Fsp3) is 0.333. The molecule has 2 aliphatic rings. The molecule has 37 heavy (non-hydrogen) atoms. The van der Waals surface area contributed by atoms with Crippen LogP contribution >= 0.6 is 11.8 Å². The third kappa shape index (κ3) is 5.35. The van der Waals surface area contributed by atoms with E-state index in [2.05, 4.69) is 9.97 Å². The Bertz CT molecular complexity index is 1640. The maximum absolute atomic E-state index is 14.9. The predicted molar refractivity (Wildman–Crippen MR) is 136 cm³/mol. The second-order valence-electron chi connectivity index (χ2n) is 8.95. The van der Waals surface area contributed by atoms with E-state index < -0.39 is 36.4 Å². The zero-order valence-corrected chi connectivity index (χ0v) is 22.0. The molecule has 8 nitrogen and oxygen atoms in total. The van der Waals surface area contributed by atoms with E-state index in [9.17, 15) is 30.4 Å². The molecule has 0 bridgehead atoms. The van der Waals surface area contributed by atoms with Gasteiger partial charge >= 0.3 is 0 Å². The third-order valence-electron chi connectivity index (χ3n) is 6.52. The molecule has 1 aromatic heterocycles. The second-order valence-corrected chi connectivity index (χ2v) is 14.1. The van der Waals surface area contributed by atoms with Gasteiger partial charge in [0.2, 0.25) is 10.0 Å². The summed E-state index contributed by atoms with van der Waals surface area (Å²) in [7, 11) is -7.51. The molecule has 0 spiro atoms. The molecule has 0 atom stereocenters. The summed E-state index contributed by atoms with van der Waals surface area (Å²) in [4.78, 5) is 18.8. The summed E-state index contributed by atoms with van der Waals surface area (Å²) in [5.41, 5.74) is 2.38. The number of nitrogens with zero attached hydrogens (tertiary/aromatic N) is 2. The molecule has 1 fully saturated rings. The molecule has 2 heterocycles. The van der Waals surface area contributed by atoms with Gasteiger partial charge in [0.1, 0.15) is 16.5 Å². The Labute approximate surface area is 217 Å². The van der Waals surface area contributed by atoms with Crippen LogP contribution in [0.1, 0.15) is 23.2 Å². The fourth-order valence-electron chi connectivity index (χ4n) is 4.44. The summed E-state index contributed by atoms with van der Waals surface area (Å²) in [6, 6.07) is 7.93. The van der Waals surface area contributed by atoms with Crippen molar-refractivity contribution in [3.05, 3.63) is 75.2 Å². The topological polar surface area (TPSA) is 117 Å². The fourth-order valence-corrected chi connectivity index (χ4v) is 8.23. The maximum atomic E-state index is 14.9. The molecule has 0 unspecified atom stereocenters. The molecule has 3 aromatic rings. The van der Waals surface area contributed by atoms with E-state index in [-0.39, 0.29) is 35.9 Å². The van der Waals surface area contributed by atoms with Crippen LogP contribution in [0.3, 0.4) is 0 Å². The smallest absolute Gasteiger partial charge is 0.254 e. The third-order valence-corrected chi connectivity index (χ3v) is 11.0.